The van der Waals surface area contributed by atoms with Gasteiger partial charge in [-0.15, -0.1) is 0 Å². The Labute approximate surface area is 195 Å². The van der Waals surface area contributed by atoms with Gasteiger partial charge in [-0.2, -0.15) is 0 Å². The van der Waals surface area contributed by atoms with Gasteiger partial charge < -0.3 is 19.7 Å². The molecule has 4 rings (SSSR count). The Hall–Kier alpha value is -2.25. The number of nitrogens with zero attached hydrogens (tertiary/aromatic N) is 1. The second-order valence-corrected chi connectivity index (χ2v) is 9.12. The van der Waals surface area contributed by atoms with Gasteiger partial charge in [0.15, 0.2) is 0 Å². The SMILES string of the molecule is O=C(O)CCC=CCC[C@@H]1[C@@H](N2CCOCC2)[C@H](O)C[C@@H]1OCc1ccc2ccccc2c1. The highest BCUT2D eigenvalue weighted by Crippen LogP contribution is 2.37. The number of carboxylic acids is 1. The second-order valence-electron chi connectivity index (χ2n) is 9.12. The van der Waals surface area contributed by atoms with Crippen molar-refractivity contribution in [2.24, 2.45) is 5.92 Å². The fourth-order valence-electron chi connectivity index (χ4n) is 5.26. The Kier molecular flexibility index (Phi) is 8.51. The Bertz CT molecular complexity index is 939. The molecule has 0 unspecified atom stereocenters. The molecule has 0 radical (unpaired) electrons. The van der Waals surface area contributed by atoms with E-state index in [9.17, 15) is 9.90 Å². The number of morpholine rings is 1. The zero-order chi connectivity index (χ0) is 23.0. The Morgan fingerprint density at radius 3 is 2.64 bits per heavy atom. The molecule has 178 valence electrons. The van der Waals surface area contributed by atoms with Gasteiger partial charge in [-0.1, -0.05) is 48.6 Å². The molecule has 0 aromatic heterocycles. The highest BCUT2D eigenvalue weighted by Gasteiger charge is 2.45. The third kappa shape index (κ3) is 6.42. The number of benzene rings is 2. The lowest BCUT2D eigenvalue weighted by molar-refractivity contribution is -0.136. The van der Waals surface area contributed by atoms with Crippen LogP contribution < -0.4 is 0 Å². The molecule has 6 nitrogen and oxygen atoms in total. The van der Waals surface area contributed by atoms with Crippen LogP contribution in [-0.2, 0) is 20.9 Å². The summed E-state index contributed by atoms with van der Waals surface area (Å²) < 4.78 is 12.0. The standard InChI is InChI=1S/C27H35NO5/c29-24-18-25(33-19-20-11-12-21-7-5-6-8-22(21)17-20)23(9-3-1-2-4-10-26(30)31)27(24)28-13-15-32-16-14-28/h1-2,5-8,11-12,17,23-25,27,29H,3-4,9-10,13-16,18-19H2,(H,30,31)/t23-,24+,25-,27+/m0/s1. The number of hydrogen-bond donors (Lipinski definition) is 2. The minimum Gasteiger partial charge on any atom is -0.481 e. The summed E-state index contributed by atoms with van der Waals surface area (Å²) in [7, 11) is 0. The number of carboxylic acid groups (broad SMARTS) is 1. The van der Waals surface area contributed by atoms with E-state index >= 15 is 0 Å². The van der Waals surface area contributed by atoms with Crippen molar-refractivity contribution in [3.05, 3.63) is 60.2 Å². The van der Waals surface area contributed by atoms with Gasteiger partial charge >= 0.3 is 5.97 Å². The summed E-state index contributed by atoms with van der Waals surface area (Å²) >= 11 is 0. The monoisotopic (exact) mass is 453 g/mol. The third-order valence-electron chi connectivity index (χ3n) is 6.89. The Balaban J connectivity index is 1.41. The van der Waals surface area contributed by atoms with Crippen molar-refractivity contribution in [2.75, 3.05) is 26.3 Å². The van der Waals surface area contributed by atoms with Crippen LogP contribution in [0, 0.1) is 5.92 Å². The average Bonchev–Trinajstić information content (AvgIpc) is 3.15. The topological polar surface area (TPSA) is 79.2 Å². The number of rotatable bonds is 10. The predicted octanol–water partition coefficient (Wildman–Crippen LogP) is 4.01. The molecule has 0 amide bonds. The van der Waals surface area contributed by atoms with Gasteiger partial charge in [-0.3, -0.25) is 9.69 Å². The smallest absolute Gasteiger partial charge is 0.303 e. The molecule has 1 aliphatic heterocycles. The predicted molar refractivity (Wildman–Crippen MR) is 128 cm³/mol. The largest absolute Gasteiger partial charge is 0.481 e. The molecule has 6 heteroatoms. The highest BCUT2D eigenvalue weighted by atomic mass is 16.5. The molecule has 4 atom stereocenters. The van der Waals surface area contributed by atoms with Crippen LogP contribution in [0.1, 0.15) is 37.7 Å². The molecule has 1 saturated carbocycles. The van der Waals surface area contributed by atoms with Gasteiger partial charge in [0, 0.05) is 37.9 Å². The number of aliphatic hydroxyl groups excluding tert-OH is 1. The van der Waals surface area contributed by atoms with Gasteiger partial charge in [-0.05, 0) is 41.7 Å². The van der Waals surface area contributed by atoms with E-state index in [4.69, 9.17) is 14.6 Å². The molecule has 2 aliphatic rings. The van der Waals surface area contributed by atoms with E-state index in [1.807, 2.05) is 18.2 Å². The van der Waals surface area contributed by atoms with E-state index in [0.29, 0.717) is 32.7 Å². The molecule has 1 heterocycles. The summed E-state index contributed by atoms with van der Waals surface area (Å²) in [6.07, 6.45) is 6.72. The van der Waals surface area contributed by atoms with E-state index < -0.39 is 12.1 Å². The van der Waals surface area contributed by atoms with Gasteiger partial charge in [0.05, 0.1) is 32.0 Å². The summed E-state index contributed by atoms with van der Waals surface area (Å²) in [5, 5.41) is 22.2. The number of fused-ring (bicyclic) bond motifs is 1. The van der Waals surface area contributed by atoms with E-state index in [1.54, 1.807) is 0 Å². The molecule has 33 heavy (non-hydrogen) atoms. The second kappa shape index (κ2) is 11.7. The average molecular weight is 454 g/mol. The summed E-state index contributed by atoms with van der Waals surface area (Å²) in [5.41, 5.74) is 1.14. The zero-order valence-electron chi connectivity index (χ0n) is 19.1. The molecule has 2 aromatic rings. The zero-order valence-corrected chi connectivity index (χ0v) is 19.1. The lowest BCUT2D eigenvalue weighted by Crippen LogP contribution is -2.50. The highest BCUT2D eigenvalue weighted by molar-refractivity contribution is 5.82. The Morgan fingerprint density at radius 2 is 1.85 bits per heavy atom. The van der Waals surface area contributed by atoms with E-state index in [0.717, 1.165) is 31.5 Å². The molecular weight excluding hydrogens is 418 g/mol. The number of aliphatic carboxylic acids is 1. The molecule has 0 spiro atoms. The van der Waals surface area contributed by atoms with Gasteiger partial charge in [0.1, 0.15) is 0 Å². The molecule has 0 bridgehead atoms. The maximum absolute atomic E-state index is 11.0. The first-order chi connectivity index (χ1) is 16.1. The van der Waals surface area contributed by atoms with Crippen LogP contribution in [0.25, 0.3) is 10.8 Å². The molecule has 2 aromatic carbocycles. The quantitative estimate of drug-likeness (QED) is 0.529. The minimum absolute atomic E-state index is 0.00765. The van der Waals surface area contributed by atoms with Crippen LogP contribution in [0.15, 0.2) is 54.6 Å². The third-order valence-corrected chi connectivity index (χ3v) is 6.89. The van der Waals surface area contributed by atoms with E-state index in [2.05, 4.69) is 41.3 Å². The summed E-state index contributed by atoms with van der Waals surface area (Å²) in [6, 6.07) is 14.8. The number of aliphatic hydroxyl groups is 1. The first-order valence-corrected chi connectivity index (χ1v) is 12.1. The lowest BCUT2D eigenvalue weighted by atomic mass is 9.93. The molecule has 1 aliphatic carbocycles. The number of ether oxygens (including phenoxy) is 2. The minimum atomic E-state index is -0.770. The summed E-state index contributed by atoms with van der Waals surface area (Å²) in [6.45, 7) is 3.61. The van der Waals surface area contributed by atoms with Crippen LogP contribution in [0.3, 0.4) is 0 Å². The summed E-state index contributed by atoms with van der Waals surface area (Å²) in [5.74, 6) is -0.546. The normalized spacial score (nSPS) is 26.3. The van der Waals surface area contributed by atoms with E-state index in [-0.39, 0.29) is 24.5 Å². The van der Waals surface area contributed by atoms with Gasteiger partial charge in [0.25, 0.3) is 0 Å². The van der Waals surface area contributed by atoms with Crippen molar-refractivity contribution in [1.29, 1.82) is 0 Å². The van der Waals surface area contributed by atoms with Crippen molar-refractivity contribution in [1.82, 2.24) is 4.90 Å². The lowest BCUT2D eigenvalue weighted by Gasteiger charge is -2.38. The van der Waals surface area contributed by atoms with Crippen molar-refractivity contribution in [2.45, 2.75) is 57.0 Å². The van der Waals surface area contributed by atoms with Crippen molar-refractivity contribution in [3.8, 4) is 0 Å². The number of hydrogen-bond acceptors (Lipinski definition) is 5. The van der Waals surface area contributed by atoms with E-state index in [1.165, 1.54) is 10.8 Å². The number of carbonyl (C=O) groups is 1. The fourth-order valence-corrected chi connectivity index (χ4v) is 5.26. The van der Waals surface area contributed by atoms with Crippen molar-refractivity contribution in [3.63, 3.8) is 0 Å². The molecular formula is C27H35NO5. The molecule has 2 fully saturated rings. The molecule has 2 N–H and O–H groups in total. The summed E-state index contributed by atoms with van der Waals surface area (Å²) in [4.78, 5) is 13.1. The molecule has 1 saturated heterocycles. The van der Waals surface area contributed by atoms with Gasteiger partial charge in [0.2, 0.25) is 0 Å². The first kappa shape index (κ1) is 23.9. The van der Waals surface area contributed by atoms with Gasteiger partial charge in [-0.25, -0.2) is 0 Å². The van der Waals surface area contributed by atoms with Crippen LogP contribution in [0.2, 0.25) is 0 Å². The Morgan fingerprint density at radius 1 is 1.09 bits per heavy atom. The van der Waals surface area contributed by atoms with Crippen LogP contribution >= 0.6 is 0 Å². The first-order valence-electron chi connectivity index (χ1n) is 12.1. The number of allylic oxidation sites excluding steroid dienone is 2. The van der Waals surface area contributed by atoms with Crippen molar-refractivity contribution < 1.29 is 24.5 Å². The van der Waals surface area contributed by atoms with Crippen LogP contribution in [0.5, 0.6) is 0 Å². The van der Waals surface area contributed by atoms with Crippen LogP contribution in [0.4, 0.5) is 0 Å². The van der Waals surface area contributed by atoms with Crippen LogP contribution in [-0.4, -0.2) is 65.6 Å². The fraction of sp³-hybridized carbons (Fsp3) is 0.519. The maximum Gasteiger partial charge on any atom is 0.303 e. The maximum atomic E-state index is 11.0. The van der Waals surface area contributed by atoms with Crippen molar-refractivity contribution >= 4 is 16.7 Å².